The van der Waals surface area contributed by atoms with Crippen LogP contribution in [0.5, 0.6) is 0 Å². The van der Waals surface area contributed by atoms with Gasteiger partial charge < -0.3 is 0 Å². The van der Waals surface area contributed by atoms with Crippen molar-refractivity contribution in [3.63, 3.8) is 0 Å². The van der Waals surface area contributed by atoms with Gasteiger partial charge in [-0.3, -0.25) is 4.74 Å². The van der Waals surface area contributed by atoms with Crippen molar-refractivity contribution in [2.45, 2.75) is 25.3 Å². The third kappa shape index (κ3) is 2.17. The second-order valence-corrected chi connectivity index (χ2v) is 2.52. The lowest BCUT2D eigenvalue weighted by molar-refractivity contribution is -0.353. The van der Waals surface area contributed by atoms with Crippen LogP contribution < -0.4 is 0 Å². The predicted octanol–water partition coefficient (Wildman–Crippen LogP) is 2.14. The molecule has 1 nitrogen and oxygen atoms in total. The summed E-state index contributed by atoms with van der Waals surface area (Å²) in [7, 11) is 0. The SMILES string of the molecule is [CH2]C1CC(OC(F)(F)F)C1. The summed E-state index contributed by atoms with van der Waals surface area (Å²) in [5.41, 5.74) is 0. The van der Waals surface area contributed by atoms with Gasteiger partial charge in [-0.05, 0) is 25.7 Å². The monoisotopic (exact) mass is 153 g/mol. The quantitative estimate of drug-likeness (QED) is 0.560. The zero-order chi connectivity index (χ0) is 7.78. The molecule has 0 saturated heterocycles. The van der Waals surface area contributed by atoms with Gasteiger partial charge in [-0.15, -0.1) is 13.2 Å². The smallest absolute Gasteiger partial charge is 0.289 e. The Morgan fingerprint density at radius 3 is 2.10 bits per heavy atom. The van der Waals surface area contributed by atoms with E-state index >= 15 is 0 Å². The molecule has 10 heavy (non-hydrogen) atoms. The molecule has 1 aliphatic rings. The molecular weight excluding hydrogens is 145 g/mol. The molecule has 1 radical (unpaired) electrons. The van der Waals surface area contributed by atoms with Crippen LogP contribution in [0.4, 0.5) is 13.2 Å². The molecule has 1 fully saturated rings. The predicted molar refractivity (Wildman–Crippen MR) is 29.0 cm³/mol. The van der Waals surface area contributed by atoms with E-state index in [2.05, 4.69) is 11.7 Å². The van der Waals surface area contributed by atoms with Gasteiger partial charge in [-0.25, -0.2) is 0 Å². The first-order valence-electron chi connectivity index (χ1n) is 3.05. The summed E-state index contributed by atoms with van der Waals surface area (Å²) in [4.78, 5) is 0. The van der Waals surface area contributed by atoms with Gasteiger partial charge >= 0.3 is 6.36 Å². The Balaban J connectivity index is 2.16. The summed E-state index contributed by atoms with van der Waals surface area (Å²) in [6.45, 7) is 3.58. The third-order valence-corrected chi connectivity index (χ3v) is 1.49. The second-order valence-electron chi connectivity index (χ2n) is 2.52. The van der Waals surface area contributed by atoms with Gasteiger partial charge in [0.15, 0.2) is 0 Å². The highest BCUT2D eigenvalue weighted by Gasteiger charge is 2.38. The van der Waals surface area contributed by atoms with Crippen molar-refractivity contribution in [2.24, 2.45) is 5.92 Å². The highest BCUT2D eigenvalue weighted by atomic mass is 19.4. The third-order valence-electron chi connectivity index (χ3n) is 1.49. The molecule has 0 aromatic heterocycles. The van der Waals surface area contributed by atoms with Crippen LogP contribution in [-0.4, -0.2) is 12.5 Å². The van der Waals surface area contributed by atoms with Crippen LogP contribution in [-0.2, 0) is 4.74 Å². The zero-order valence-corrected chi connectivity index (χ0v) is 5.32. The molecule has 0 bridgehead atoms. The molecule has 1 saturated carbocycles. The Morgan fingerprint density at radius 1 is 1.30 bits per heavy atom. The van der Waals surface area contributed by atoms with E-state index in [4.69, 9.17) is 0 Å². The van der Waals surface area contributed by atoms with Crippen molar-refractivity contribution in [1.82, 2.24) is 0 Å². The van der Waals surface area contributed by atoms with Crippen LogP contribution in [0, 0.1) is 12.8 Å². The highest BCUT2D eigenvalue weighted by Crippen LogP contribution is 2.33. The van der Waals surface area contributed by atoms with Crippen LogP contribution in [0.3, 0.4) is 0 Å². The largest absolute Gasteiger partial charge is 0.522 e. The summed E-state index contributed by atoms with van der Waals surface area (Å²) >= 11 is 0. The van der Waals surface area contributed by atoms with E-state index in [9.17, 15) is 13.2 Å². The molecule has 0 spiro atoms. The van der Waals surface area contributed by atoms with Crippen LogP contribution in [0.15, 0.2) is 0 Å². The molecule has 0 unspecified atom stereocenters. The first kappa shape index (κ1) is 7.85. The second kappa shape index (κ2) is 2.42. The minimum atomic E-state index is -4.47. The molecule has 1 rings (SSSR count). The Morgan fingerprint density at radius 2 is 1.80 bits per heavy atom. The van der Waals surface area contributed by atoms with Gasteiger partial charge in [-0.2, -0.15) is 0 Å². The van der Waals surface area contributed by atoms with Crippen molar-refractivity contribution in [1.29, 1.82) is 0 Å². The summed E-state index contributed by atoms with van der Waals surface area (Å²) in [5, 5.41) is 0. The lowest BCUT2D eigenvalue weighted by Crippen LogP contribution is -2.34. The topological polar surface area (TPSA) is 9.23 Å². The fourth-order valence-electron chi connectivity index (χ4n) is 0.960. The van der Waals surface area contributed by atoms with Crippen molar-refractivity contribution in [3.8, 4) is 0 Å². The first-order chi connectivity index (χ1) is 4.47. The number of hydrogen-bond donors (Lipinski definition) is 0. The van der Waals surface area contributed by atoms with Gasteiger partial charge in [0.2, 0.25) is 0 Å². The first-order valence-corrected chi connectivity index (χ1v) is 3.05. The summed E-state index contributed by atoms with van der Waals surface area (Å²) in [5.74, 6) is 0.146. The average Bonchev–Trinajstić information content (AvgIpc) is 1.57. The molecule has 0 aliphatic heterocycles. The van der Waals surface area contributed by atoms with E-state index in [0.29, 0.717) is 12.8 Å². The Bertz CT molecular complexity index is 115. The Labute approximate surface area is 57.2 Å². The van der Waals surface area contributed by atoms with Crippen molar-refractivity contribution >= 4 is 0 Å². The van der Waals surface area contributed by atoms with Gasteiger partial charge in [0.1, 0.15) is 0 Å². The molecule has 4 heteroatoms. The van der Waals surface area contributed by atoms with E-state index < -0.39 is 12.5 Å². The van der Waals surface area contributed by atoms with Crippen molar-refractivity contribution in [3.05, 3.63) is 6.92 Å². The van der Waals surface area contributed by atoms with E-state index in [0.717, 1.165) is 0 Å². The maximum atomic E-state index is 11.4. The van der Waals surface area contributed by atoms with Crippen molar-refractivity contribution < 1.29 is 17.9 Å². The number of ether oxygens (including phenoxy) is 1. The van der Waals surface area contributed by atoms with Gasteiger partial charge in [0, 0.05) is 0 Å². The van der Waals surface area contributed by atoms with E-state index in [1.807, 2.05) is 0 Å². The summed E-state index contributed by atoms with van der Waals surface area (Å²) < 4.78 is 37.9. The maximum Gasteiger partial charge on any atom is 0.522 e. The van der Waals surface area contributed by atoms with Crippen LogP contribution in [0.1, 0.15) is 12.8 Å². The summed E-state index contributed by atoms with van der Waals surface area (Å²) in [6, 6.07) is 0. The number of rotatable bonds is 1. The fraction of sp³-hybridized carbons (Fsp3) is 0.833. The fourth-order valence-corrected chi connectivity index (χ4v) is 0.960. The van der Waals surface area contributed by atoms with E-state index in [1.54, 1.807) is 0 Å². The number of halogens is 3. The maximum absolute atomic E-state index is 11.4. The van der Waals surface area contributed by atoms with Gasteiger partial charge in [-0.1, -0.05) is 0 Å². The molecule has 0 amide bonds. The zero-order valence-electron chi connectivity index (χ0n) is 5.32. The molecule has 0 aromatic carbocycles. The molecule has 0 atom stereocenters. The number of alkyl halides is 3. The molecular formula is C6H8F3O. The minimum Gasteiger partial charge on any atom is -0.289 e. The van der Waals surface area contributed by atoms with Crippen LogP contribution >= 0.6 is 0 Å². The Hall–Kier alpha value is -0.250. The normalized spacial score (nSPS) is 33.6. The van der Waals surface area contributed by atoms with Gasteiger partial charge in [0.25, 0.3) is 0 Å². The lowest BCUT2D eigenvalue weighted by Gasteiger charge is -2.32. The van der Waals surface area contributed by atoms with Crippen LogP contribution in [0.2, 0.25) is 0 Å². The van der Waals surface area contributed by atoms with Crippen LogP contribution in [0.25, 0.3) is 0 Å². The molecule has 0 aromatic rings. The van der Waals surface area contributed by atoms with E-state index in [1.165, 1.54) is 0 Å². The van der Waals surface area contributed by atoms with Gasteiger partial charge in [0.05, 0.1) is 6.10 Å². The molecule has 1 aliphatic carbocycles. The number of hydrogen-bond acceptors (Lipinski definition) is 1. The lowest BCUT2D eigenvalue weighted by atomic mass is 9.84. The van der Waals surface area contributed by atoms with Crippen molar-refractivity contribution in [2.75, 3.05) is 0 Å². The Kier molecular flexibility index (Phi) is 1.90. The molecule has 0 N–H and O–H groups in total. The highest BCUT2D eigenvalue weighted by molar-refractivity contribution is 4.81. The minimum absolute atomic E-state index is 0.146. The standard InChI is InChI=1S/C6H8F3O/c1-4-2-5(3-4)10-6(7,8)9/h4-5H,1-3H2. The summed E-state index contributed by atoms with van der Waals surface area (Å²) in [6.07, 6.45) is -4.24. The molecule has 0 heterocycles. The van der Waals surface area contributed by atoms with E-state index in [-0.39, 0.29) is 5.92 Å². The average molecular weight is 153 g/mol. The molecule has 59 valence electrons.